The molecule has 0 fully saturated rings. The standard InChI is InChI=1S/C22H23NO3/c1-4-17(16-10-6-5-7-11-16)22(25)26-15(3)21(24)20-14(2)23-19-13-9-8-12-18(19)20/h5-13,15,17,23H,4H2,1-3H3/t15-,17+/m0/s1. The molecule has 1 heterocycles. The molecule has 26 heavy (non-hydrogen) atoms. The Balaban J connectivity index is 1.80. The number of hydrogen-bond donors (Lipinski definition) is 1. The number of H-pyrrole nitrogens is 1. The van der Waals surface area contributed by atoms with E-state index in [0.717, 1.165) is 22.2 Å². The number of carbonyl (C=O) groups excluding carboxylic acids is 2. The number of fused-ring (bicyclic) bond motifs is 1. The first kappa shape index (κ1) is 17.9. The fraction of sp³-hybridized carbons (Fsp3) is 0.273. The quantitative estimate of drug-likeness (QED) is 0.514. The number of rotatable bonds is 6. The maximum absolute atomic E-state index is 12.9. The maximum atomic E-state index is 12.9. The number of aryl methyl sites for hydroxylation is 1. The van der Waals surface area contributed by atoms with Crippen molar-refractivity contribution in [1.29, 1.82) is 0 Å². The lowest BCUT2D eigenvalue weighted by Gasteiger charge is -2.18. The summed E-state index contributed by atoms with van der Waals surface area (Å²) in [7, 11) is 0. The Morgan fingerprint density at radius 1 is 1.04 bits per heavy atom. The Morgan fingerprint density at radius 3 is 2.38 bits per heavy atom. The number of esters is 1. The number of benzene rings is 2. The molecule has 0 unspecified atom stereocenters. The van der Waals surface area contributed by atoms with Crippen molar-refractivity contribution in [2.75, 3.05) is 0 Å². The highest BCUT2D eigenvalue weighted by Crippen LogP contribution is 2.25. The maximum Gasteiger partial charge on any atom is 0.314 e. The van der Waals surface area contributed by atoms with Crippen LogP contribution >= 0.6 is 0 Å². The minimum atomic E-state index is -0.835. The van der Waals surface area contributed by atoms with Gasteiger partial charge in [-0.25, -0.2) is 0 Å². The van der Waals surface area contributed by atoms with Gasteiger partial charge in [-0.2, -0.15) is 0 Å². The van der Waals surface area contributed by atoms with Gasteiger partial charge in [-0.3, -0.25) is 9.59 Å². The van der Waals surface area contributed by atoms with Crippen LogP contribution in [0.5, 0.6) is 0 Å². The summed E-state index contributed by atoms with van der Waals surface area (Å²) in [5.74, 6) is -0.913. The van der Waals surface area contributed by atoms with Crippen molar-refractivity contribution in [2.45, 2.75) is 39.2 Å². The Hall–Kier alpha value is -2.88. The summed E-state index contributed by atoms with van der Waals surface area (Å²) in [4.78, 5) is 28.8. The summed E-state index contributed by atoms with van der Waals surface area (Å²) in [6, 6.07) is 17.2. The molecule has 0 aliphatic carbocycles. The van der Waals surface area contributed by atoms with E-state index < -0.39 is 6.10 Å². The SMILES string of the molecule is CC[C@@H](C(=O)O[C@@H](C)C(=O)c1c(C)[nH]c2ccccc12)c1ccccc1. The molecule has 0 spiro atoms. The van der Waals surface area contributed by atoms with Crippen LogP contribution < -0.4 is 0 Å². The summed E-state index contributed by atoms with van der Waals surface area (Å²) < 4.78 is 5.54. The minimum absolute atomic E-state index is 0.184. The molecule has 0 aliphatic rings. The van der Waals surface area contributed by atoms with Crippen molar-refractivity contribution in [3.8, 4) is 0 Å². The van der Waals surface area contributed by atoms with Gasteiger partial charge in [0.25, 0.3) is 0 Å². The van der Waals surface area contributed by atoms with Crippen LogP contribution in [-0.2, 0) is 9.53 Å². The third kappa shape index (κ3) is 3.40. The Bertz CT molecular complexity index is 927. The molecule has 2 atom stereocenters. The van der Waals surface area contributed by atoms with E-state index in [9.17, 15) is 9.59 Å². The van der Waals surface area contributed by atoms with Crippen LogP contribution in [0.4, 0.5) is 0 Å². The smallest absolute Gasteiger partial charge is 0.314 e. The highest BCUT2D eigenvalue weighted by atomic mass is 16.5. The van der Waals surface area contributed by atoms with E-state index in [1.54, 1.807) is 6.92 Å². The van der Waals surface area contributed by atoms with E-state index in [-0.39, 0.29) is 17.7 Å². The van der Waals surface area contributed by atoms with Crippen molar-refractivity contribution in [1.82, 2.24) is 4.98 Å². The molecular weight excluding hydrogens is 326 g/mol. The van der Waals surface area contributed by atoms with E-state index >= 15 is 0 Å². The summed E-state index contributed by atoms with van der Waals surface area (Å²) >= 11 is 0. The first-order valence-corrected chi connectivity index (χ1v) is 8.89. The lowest BCUT2D eigenvalue weighted by atomic mass is 9.96. The van der Waals surface area contributed by atoms with Gasteiger partial charge in [-0.05, 0) is 31.9 Å². The number of ether oxygens (including phenoxy) is 1. The topological polar surface area (TPSA) is 59.2 Å². The number of carbonyl (C=O) groups is 2. The van der Waals surface area contributed by atoms with Crippen molar-refractivity contribution >= 4 is 22.7 Å². The predicted molar refractivity (Wildman–Crippen MR) is 102 cm³/mol. The number of Topliss-reactive ketones (excluding diaryl/α,β-unsaturated/α-hetero) is 1. The van der Waals surface area contributed by atoms with Gasteiger partial charge in [-0.1, -0.05) is 55.5 Å². The van der Waals surface area contributed by atoms with Gasteiger partial charge >= 0.3 is 5.97 Å². The molecular formula is C22H23NO3. The number of nitrogens with one attached hydrogen (secondary N) is 1. The van der Waals surface area contributed by atoms with Crippen molar-refractivity contribution in [2.24, 2.45) is 0 Å². The van der Waals surface area contributed by atoms with Crippen LogP contribution in [0.2, 0.25) is 0 Å². The largest absolute Gasteiger partial charge is 0.454 e. The van der Waals surface area contributed by atoms with Crippen molar-refractivity contribution < 1.29 is 14.3 Å². The van der Waals surface area contributed by atoms with E-state index in [4.69, 9.17) is 4.74 Å². The lowest BCUT2D eigenvalue weighted by molar-refractivity contribution is -0.148. The van der Waals surface area contributed by atoms with Gasteiger partial charge < -0.3 is 9.72 Å². The van der Waals surface area contributed by atoms with Crippen LogP contribution in [-0.4, -0.2) is 22.8 Å². The average Bonchev–Trinajstić information content (AvgIpc) is 2.98. The zero-order valence-corrected chi connectivity index (χ0v) is 15.3. The molecule has 2 aromatic carbocycles. The number of ketones is 1. The van der Waals surface area contributed by atoms with Crippen LogP contribution in [0.25, 0.3) is 10.9 Å². The third-order valence-electron chi connectivity index (χ3n) is 4.70. The number of aromatic nitrogens is 1. The fourth-order valence-electron chi connectivity index (χ4n) is 3.33. The van der Waals surface area contributed by atoms with E-state index in [0.29, 0.717) is 12.0 Å². The number of hydrogen-bond acceptors (Lipinski definition) is 3. The monoisotopic (exact) mass is 349 g/mol. The summed E-state index contributed by atoms with van der Waals surface area (Å²) in [6.45, 7) is 5.44. The van der Waals surface area contributed by atoms with Crippen LogP contribution in [0.3, 0.4) is 0 Å². The molecule has 3 rings (SSSR count). The molecule has 0 aliphatic heterocycles. The van der Waals surface area contributed by atoms with Crippen LogP contribution in [0.15, 0.2) is 54.6 Å². The Labute approximate surface area is 153 Å². The first-order chi connectivity index (χ1) is 12.5. The minimum Gasteiger partial charge on any atom is -0.454 e. The van der Waals surface area contributed by atoms with Crippen molar-refractivity contribution in [3.63, 3.8) is 0 Å². The average molecular weight is 349 g/mol. The first-order valence-electron chi connectivity index (χ1n) is 8.89. The van der Waals surface area contributed by atoms with Gasteiger partial charge in [0.1, 0.15) is 0 Å². The van der Waals surface area contributed by atoms with E-state index in [1.165, 1.54) is 0 Å². The molecule has 4 heteroatoms. The normalized spacial score (nSPS) is 13.3. The summed E-state index contributed by atoms with van der Waals surface area (Å²) in [6.07, 6.45) is -0.214. The molecule has 0 amide bonds. The number of para-hydroxylation sites is 1. The molecule has 0 saturated carbocycles. The molecule has 0 radical (unpaired) electrons. The van der Waals surface area contributed by atoms with E-state index in [2.05, 4.69) is 4.98 Å². The second kappa shape index (κ2) is 7.56. The van der Waals surface area contributed by atoms with Gasteiger partial charge in [0, 0.05) is 22.2 Å². The highest BCUT2D eigenvalue weighted by Gasteiger charge is 2.27. The van der Waals surface area contributed by atoms with Crippen LogP contribution in [0, 0.1) is 6.92 Å². The third-order valence-corrected chi connectivity index (χ3v) is 4.70. The molecule has 3 aromatic rings. The summed E-state index contributed by atoms with van der Waals surface area (Å²) in [5, 5.41) is 0.855. The van der Waals surface area contributed by atoms with Gasteiger partial charge in [-0.15, -0.1) is 0 Å². The van der Waals surface area contributed by atoms with Gasteiger partial charge in [0.15, 0.2) is 6.10 Å². The van der Waals surface area contributed by atoms with Gasteiger partial charge in [0.2, 0.25) is 5.78 Å². The molecule has 0 bridgehead atoms. The summed E-state index contributed by atoms with van der Waals surface area (Å²) in [5.41, 5.74) is 3.19. The Morgan fingerprint density at radius 2 is 1.69 bits per heavy atom. The van der Waals surface area contributed by atoms with Crippen LogP contribution in [0.1, 0.15) is 47.8 Å². The zero-order chi connectivity index (χ0) is 18.7. The number of aromatic amines is 1. The van der Waals surface area contributed by atoms with Gasteiger partial charge in [0.05, 0.1) is 5.92 Å². The molecule has 134 valence electrons. The second-order valence-electron chi connectivity index (χ2n) is 6.49. The zero-order valence-electron chi connectivity index (χ0n) is 15.3. The lowest BCUT2D eigenvalue weighted by Crippen LogP contribution is -2.27. The highest BCUT2D eigenvalue weighted by molar-refractivity contribution is 6.11. The second-order valence-corrected chi connectivity index (χ2v) is 6.49. The molecule has 4 nitrogen and oxygen atoms in total. The molecule has 1 N–H and O–H groups in total. The van der Waals surface area contributed by atoms with E-state index in [1.807, 2.05) is 68.4 Å². The molecule has 0 saturated heterocycles. The molecule has 1 aromatic heterocycles. The van der Waals surface area contributed by atoms with Crippen molar-refractivity contribution in [3.05, 3.63) is 71.4 Å². The fourth-order valence-corrected chi connectivity index (χ4v) is 3.33. The predicted octanol–water partition coefficient (Wildman–Crippen LogP) is 4.78. The Kier molecular flexibility index (Phi) is 5.21.